The summed E-state index contributed by atoms with van der Waals surface area (Å²) in [7, 11) is 0. The Morgan fingerprint density at radius 2 is 1.05 bits per heavy atom. The van der Waals surface area contributed by atoms with Crippen LogP contribution in [0.3, 0.4) is 0 Å². The number of nitrogens with two attached hydrogens (primary N) is 1. The smallest absolute Gasteiger partial charge is 0.221 e. The molecule has 0 unspecified atom stereocenters. The van der Waals surface area contributed by atoms with Gasteiger partial charge in [-0.3, -0.25) is 0 Å². The molecule has 1 heterocycles. The average Bonchev–Trinajstić information content (AvgIpc) is 2.48. The van der Waals surface area contributed by atoms with Gasteiger partial charge in [0.1, 0.15) is 0 Å². The van der Waals surface area contributed by atoms with Crippen LogP contribution in [0, 0.1) is 13.8 Å². The van der Waals surface area contributed by atoms with E-state index < -0.39 is 0 Å². The van der Waals surface area contributed by atoms with Crippen LogP contribution in [0.15, 0.2) is 54.6 Å². The first-order valence-electron chi connectivity index (χ1n) is 6.90. The maximum atomic E-state index is 5.87. The Labute approximate surface area is 124 Å². The normalized spacial score (nSPS) is 10.6. The first-order valence-corrected chi connectivity index (χ1v) is 6.90. The highest BCUT2D eigenvalue weighted by molar-refractivity contribution is 5.69. The predicted molar refractivity (Wildman–Crippen MR) is 86.8 cm³/mol. The predicted octanol–water partition coefficient (Wildman–Crippen LogP) is 4.01. The SMILES string of the molecule is Cc1ccc(-c2cc(-c3ccc(C)cc3)nc(N)n2)cc1. The molecule has 21 heavy (non-hydrogen) atoms. The van der Waals surface area contributed by atoms with Crippen molar-refractivity contribution in [3.8, 4) is 22.5 Å². The van der Waals surface area contributed by atoms with E-state index in [0.717, 1.165) is 22.5 Å². The number of nitrogen functional groups attached to an aromatic ring is 1. The van der Waals surface area contributed by atoms with Gasteiger partial charge in [0.25, 0.3) is 0 Å². The minimum Gasteiger partial charge on any atom is -0.368 e. The fourth-order valence-electron chi connectivity index (χ4n) is 2.21. The summed E-state index contributed by atoms with van der Waals surface area (Å²) >= 11 is 0. The zero-order valence-electron chi connectivity index (χ0n) is 12.2. The van der Waals surface area contributed by atoms with Gasteiger partial charge in [-0.2, -0.15) is 0 Å². The number of nitrogens with zero attached hydrogens (tertiary/aromatic N) is 2. The zero-order valence-corrected chi connectivity index (χ0v) is 12.2. The number of hydrogen-bond acceptors (Lipinski definition) is 3. The molecule has 3 heteroatoms. The Kier molecular flexibility index (Phi) is 3.40. The summed E-state index contributed by atoms with van der Waals surface area (Å²) < 4.78 is 0. The maximum absolute atomic E-state index is 5.87. The van der Waals surface area contributed by atoms with Gasteiger partial charge in [-0.15, -0.1) is 0 Å². The Morgan fingerprint density at radius 1 is 0.667 bits per heavy atom. The minimum absolute atomic E-state index is 0.295. The van der Waals surface area contributed by atoms with Gasteiger partial charge in [0, 0.05) is 11.1 Å². The molecule has 3 aromatic rings. The molecule has 0 amide bonds. The van der Waals surface area contributed by atoms with E-state index >= 15 is 0 Å². The summed E-state index contributed by atoms with van der Waals surface area (Å²) in [5, 5.41) is 0. The number of benzene rings is 2. The standard InChI is InChI=1S/C18H17N3/c1-12-3-7-14(8-4-12)16-11-17(21-18(19)20-16)15-9-5-13(2)6-10-15/h3-11H,1-2H3,(H2,19,20,21). The summed E-state index contributed by atoms with van der Waals surface area (Å²) in [6.07, 6.45) is 0. The van der Waals surface area contributed by atoms with E-state index in [1.54, 1.807) is 0 Å². The molecule has 2 aromatic carbocycles. The van der Waals surface area contributed by atoms with Crippen molar-refractivity contribution in [2.45, 2.75) is 13.8 Å². The van der Waals surface area contributed by atoms with Crippen molar-refractivity contribution in [3.05, 3.63) is 65.7 Å². The van der Waals surface area contributed by atoms with E-state index in [2.05, 4.69) is 72.3 Å². The first kappa shape index (κ1) is 13.3. The lowest BCUT2D eigenvalue weighted by molar-refractivity contribution is 1.19. The van der Waals surface area contributed by atoms with E-state index in [1.807, 2.05) is 6.07 Å². The van der Waals surface area contributed by atoms with Crippen molar-refractivity contribution in [1.29, 1.82) is 0 Å². The van der Waals surface area contributed by atoms with Crippen LogP contribution in [0.25, 0.3) is 22.5 Å². The van der Waals surface area contributed by atoms with Crippen molar-refractivity contribution in [2.24, 2.45) is 0 Å². The van der Waals surface area contributed by atoms with Crippen LogP contribution in [0.5, 0.6) is 0 Å². The molecular formula is C18H17N3. The molecule has 0 aliphatic heterocycles. The lowest BCUT2D eigenvalue weighted by Gasteiger charge is -2.07. The fourth-order valence-corrected chi connectivity index (χ4v) is 2.21. The highest BCUT2D eigenvalue weighted by Gasteiger charge is 2.06. The molecule has 0 aliphatic rings. The number of hydrogen-bond donors (Lipinski definition) is 1. The van der Waals surface area contributed by atoms with E-state index in [-0.39, 0.29) is 0 Å². The molecule has 1 aromatic heterocycles. The molecule has 0 saturated carbocycles. The molecular weight excluding hydrogens is 258 g/mol. The fraction of sp³-hybridized carbons (Fsp3) is 0.111. The quantitative estimate of drug-likeness (QED) is 0.768. The van der Waals surface area contributed by atoms with Gasteiger partial charge in [0.05, 0.1) is 11.4 Å². The third-order valence-electron chi connectivity index (χ3n) is 3.44. The number of aromatic nitrogens is 2. The van der Waals surface area contributed by atoms with Gasteiger partial charge < -0.3 is 5.73 Å². The van der Waals surface area contributed by atoms with Crippen LogP contribution < -0.4 is 5.73 Å². The Hall–Kier alpha value is -2.68. The van der Waals surface area contributed by atoms with Crippen LogP contribution in [0.4, 0.5) is 5.95 Å². The van der Waals surface area contributed by atoms with Crippen LogP contribution in [0.1, 0.15) is 11.1 Å². The summed E-state index contributed by atoms with van der Waals surface area (Å²) in [6, 6.07) is 18.5. The van der Waals surface area contributed by atoms with Crippen LogP contribution in [0.2, 0.25) is 0 Å². The molecule has 2 N–H and O–H groups in total. The minimum atomic E-state index is 0.295. The highest BCUT2D eigenvalue weighted by atomic mass is 15.0. The van der Waals surface area contributed by atoms with E-state index in [4.69, 9.17) is 5.73 Å². The lowest BCUT2D eigenvalue weighted by Crippen LogP contribution is -1.98. The summed E-state index contributed by atoms with van der Waals surface area (Å²) in [4.78, 5) is 8.69. The largest absolute Gasteiger partial charge is 0.368 e. The maximum Gasteiger partial charge on any atom is 0.221 e. The molecule has 0 radical (unpaired) electrons. The molecule has 3 nitrogen and oxygen atoms in total. The van der Waals surface area contributed by atoms with Crippen molar-refractivity contribution >= 4 is 5.95 Å². The number of anilines is 1. The van der Waals surface area contributed by atoms with Gasteiger partial charge >= 0.3 is 0 Å². The lowest BCUT2D eigenvalue weighted by atomic mass is 10.1. The summed E-state index contributed by atoms with van der Waals surface area (Å²) in [5.74, 6) is 0.295. The van der Waals surface area contributed by atoms with E-state index in [1.165, 1.54) is 11.1 Å². The molecule has 0 bridgehead atoms. The molecule has 0 saturated heterocycles. The third-order valence-corrected chi connectivity index (χ3v) is 3.44. The van der Waals surface area contributed by atoms with Gasteiger partial charge in [0.2, 0.25) is 5.95 Å². The van der Waals surface area contributed by atoms with Crippen LogP contribution in [-0.2, 0) is 0 Å². The van der Waals surface area contributed by atoms with Gasteiger partial charge in [-0.1, -0.05) is 59.7 Å². The molecule has 104 valence electrons. The first-order chi connectivity index (χ1) is 10.1. The van der Waals surface area contributed by atoms with Crippen molar-refractivity contribution in [1.82, 2.24) is 9.97 Å². The third kappa shape index (κ3) is 2.92. The zero-order chi connectivity index (χ0) is 14.8. The van der Waals surface area contributed by atoms with Crippen molar-refractivity contribution in [3.63, 3.8) is 0 Å². The monoisotopic (exact) mass is 275 g/mol. The van der Waals surface area contributed by atoms with Gasteiger partial charge in [-0.25, -0.2) is 9.97 Å². The van der Waals surface area contributed by atoms with Crippen LogP contribution >= 0.6 is 0 Å². The average molecular weight is 275 g/mol. The summed E-state index contributed by atoms with van der Waals surface area (Å²) in [6.45, 7) is 4.13. The molecule has 0 spiro atoms. The Morgan fingerprint density at radius 3 is 1.43 bits per heavy atom. The molecule has 0 atom stereocenters. The number of aryl methyl sites for hydroxylation is 2. The Balaban J connectivity index is 2.07. The topological polar surface area (TPSA) is 51.8 Å². The molecule has 3 rings (SSSR count). The van der Waals surface area contributed by atoms with E-state index in [9.17, 15) is 0 Å². The van der Waals surface area contributed by atoms with Crippen molar-refractivity contribution in [2.75, 3.05) is 5.73 Å². The Bertz CT molecular complexity index is 696. The molecule has 0 aliphatic carbocycles. The molecule has 0 fully saturated rings. The van der Waals surface area contributed by atoms with Crippen LogP contribution in [-0.4, -0.2) is 9.97 Å². The van der Waals surface area contributed by atoms with Gasteiger partial charge in [-0.05, 0) is 19.9 Å². The second-order valence-electron chi connectivity index (χ2n) is 5.23. The van der Waals surface area contributed by atoms with Crippen molar-refractivity contribution < 1.29 is 0 Å². The highest BCUT2D eigenvalue weighted by Crippen LogP contribution is 2.24. The second kappa shape index (κ2) is 5.37. The summed E-state index contributed by atoms with van der Waals surface area (Å²) in [5.41, 5.74) is 12.1. The van der Waals surface area contributed by atoms with Gasteiger partial charge in [0.15, 0.2) is 0 Å². The second-order valence-corrected chi connectivity index (χ2v) is 5.23. The number of rotatable bonds is 2. The van der Waals surface area contributed by atoms with E-state index in [0.29, 0.717) is 5.95 Å².